The molecule has 4 rings (SSSR count). The van der Waals surface area contributed by atoms with Gasteiger partial charge in [-0.3, -0.25) is 19.3 Å². The Balaban J connectivity index is 1.45. The number of carbonyl (C=O) groups is 3. The number of benzene rings is 2. The number of Topliss-reactive ketones (excluding diaryl/α,β-unsaturated/α-hetero) is 1. The Morgan fingerprint density at radius 3 is 2.78 bits per heavy atom. The van der Waals surface area contributed by atoms with Crippen LogP contribution in [-0.4, -0.2) is 51.1 Å². The number of hydrogen-bond acceptors (Lipinski definition) is 7. The van der Waals surface area contributed by atoms with Gasteiger partial charge in [-0.25, -0.2) is 0 Å². The van der Waals surface area contributed by atoms with Crippen molar-refractivity contribution in [2.75, 3.05) is 38.4 Å². The first-order chi connectivity index (χ1) is 17.5. The first-order valence-electron chi connectivity index (χ1n) is 11.3. The number of anilines is 1. The van der Waals surface area contributed by atoms with Gasteiger partial charge in [0.2, 0.25) is 0 Å². The molecule has 0 saturated heterocycles. The van der Waals surface area contributed by atoms with Crippen molar-refractivity contribution in [3.63, 3.8) is 0 Å². The van der Waals surface area contributed by atoms with Gasteiger partial charge in [-0.15, -0.1) is 0 Å². The third-order valence-corrected chi connectivity index (χ3v) is 5.74. The van der Waals surface area contributed by atoms with Gasteiger partial charge in [0.25, 0.3) is 11.8 Å². The highest BCUT2D eigenvalue weighted by Crippen LogP contribution is 2.34. The van der Waals surface area contributed by atoms with Gasteiger partial charge in [0.05, 0.1) is 17.3 Å². The highest BCUT2D eigenvalue weighted by Gasteiger charge is 2.28. The summed E-state index contributed by atoms with van der Waals surface area (Å²) in [5.41, 5.74) is 0.775. The highest BCUT2D eigenvalue weighted by atomic mass is 35.5. The molecular formula is C26H25ClN2O7. The molecule has 0 fully saturated rings. The molecule has 0 spiro atoms. The number of nitrogens with one attached hydrogen (secondary N) is 1. The minimum absolute atomic E-state index is 0.0694. The van der Waals surface area contributed by atoms with E-state index in [1.807, 2.05) is 0 Å². The van der Waals surface area contributed by atoms with E-state index in [4.69, 9.17) is 30.2 Å². The number of para-hydroxylation sites is 1. The lowest BCUT2D eigenvalue weighted by atomic mass is 10.1. The van der Waals surface area contributed by atoms with Crippen LogP contribution >= 0.6 is 11.6 Å². The van der Waals surface area contributed by atoms with Crippen molar-refractivity contribution >= 4 is 34.9 Å². The van der Waals surface area contributed by atoms with Crippen molar-refractivity contribution in [3.8, 4) is 11.5 Å². The molecule has 1 aliphatic rings. The fourth-order valence-corrected chi connectivity index (χ4v) is 3.77. The lowest BCUT2D eigenvalue weighted by molar-refractivity contribution is -0.121. The summed E-state index contributed by atoms with van der Waals surface area (Å²) >= 11 is 6.08. The number of halogens is 1. The molecule has 10 heteroatoms. The first kappa shape index (κ1) is 25.3. The van der Waals surface area contributed by atoms with Crippen LogP contribution in [0.1, 0.15) is 33.1 Å². The van der Waals surface area contributed by atoms with Crippen LogP contribution in [0.15, 0.2) is 59.0 Å². The van der Waals surface area contributed by atoms with Crippen LogP contribution in [0.25, 0.3) is 0 Å². The largest absolute Gasteiger partial charge is 0.484 e. The summed E-state index contributed by atoms with van der Waals surface area (Å²) in [6.07, 6.45) is 0.680. The van der Waals surface area contributed by atoms with E-state index in [9.17, 15) is 14.4 Å². The van der Waals surface area contributed by atoms with Gasteiger partial charge in [0.1, 0.15) is 17.3 Å². The van der Waals surface area contributed by atoms with Crippen LogP contribution in [0.4, 0.5) is 5.69 Å². The molecule has 0 saturated carbocycles. The molecule has 2 heterocycles. The van der Waals surface area contributed by atoms with Crippen LogP contribution in [0.5, 0.6) is 11.5 Å². The summed E-state index contributed by atoms with van der Waals surface area (Å²) in [7, 11) is 1.60. The van der Waals surface area contributed by atoms with Crippen LogP contribution in [0, 0.1) is 0 Å². The minimum atomic E-state index is -0.350. The number of methoxy groups -OCH3 is 1. The van der Waals surface area contributed by atoms with Gasteiger partial charge in [-0.1, -0.05) is 23.7 Å². The first-order valence-corrected chi connectivity index (χ1v) is 11.7. The van der Waals surface area contributed by atoms with E-state index in [-0.39, 0.29) is 43.1 Å². The van der Waals surface area contributed by atoms with Gasteiger partial charge in [-0.2, -0.15) is 0 Å². The smallest absolute Gasteiger partial charge is 0.286 e. The molecule has 1 N–H and O–H groups in total. The lowest BCUT2D eigenvalue weighted by Crippen LogP contribution is -2.38. The SMILES string of the molecule is COCCCNC(=O)c1ccc(CN2C(=O)COc3ccc(C(=O)COc4ccccc4Cl)cc32)o1. The summed E-state index contributed by atoms with van der Waals surface area (Å²) in [6.45, 7) is 0.690. The number of hydrogen-bond donors (Lipinski definition) is 1. The van der Waals surface area contributed by atoms with Crippen molar-refractivity contribution in [2.45, 2.75) is 13.0 Å². The van der Waals surface area contributed by atoms with E-state index in [0.717, 1.165) is 0 Å². The van der Waals surface area contributed by atoms with E-state index in [2.05, 4.69) is 5.32 Å². The number of rotatable bonds is 11. The standard InChI is InChI=1S/C26H25ClN2O7/c1-33-12-4-11-28-26(32)24-10-8-18(36-24)14-29-20-13-17(7-9-23(20)35-16-25(29)31)21(30)15-34-22-6-3-2-5-19(22)27/h2-3,5-10,13H,4,11-12,14-16H2,1H3,(H,28,32). The van der Waals surface area contributed by atoms with Gasteiger partial charge in [0, 0.05) is 25.8 Å². The van der Waals surface area contributed by atoms with E-state index < -0.39 is 0 Å². The zero-order valence-corrected chi connectivity index (χ0v) is 20.4. The molecule has 0 unspecified atom stereocenters. The van der Waals surface area contributed by atoms with E-state index in [1.54, 1.807) is 61.7 Å². The molecule has 0 atom stereocenters. The Hall–Kier alpha value is -3.82. The van der Waals surface area contributed by atoms with Gasteiger partial charge >= 0.3 is 0 Å². The van der Waals surface area contributed by atoms with Gasteiger partial charge in [-0.05, 0) is 48.9 Å². The Morgan fingerprint density at radius 1 is 1.14 bits per heavy atom. The van der Waals surface area contributed by atoms with Crippen LogP contribution in [0.3, 0.4) is 0 Å². The molecule has 2 aromatic carbocycles. The summed E-state index contributed by atoms with van der Waals surface area (Å²) in [5.74, 6) is 0.476. The number of ether oxygens (including phenoxy) is 3. The molecule has 0 radical (unpaired) electrons. The van der Waals surface area contributed by atoms with Crippen LogP contribution in [-0.2, 0) is 16.1 Å². The maximum Gasteiger partial charge on any atom is 0.286 e. The normalized spacial score (nSPS) is 12.6. The maximum absolute atomic E-state index is 12.8. The highest BCUT2D eigenvalue weighted by molar-refractivity contribution is 6.32. The number of carbonyl (C=O) groups excluding carboxylic acids is 3. The van der Waals surface area contributed by atoms with Crippen molar-refractivity contribution in [3.05, 3.63) is 76.7 Å². The van der Waals surface area contributed by atoms with Crippen LogP contribution < -0.4 is 19.7 Å². The second kappa shape index (κ2) is 11.7. The molecule has 36 heavy (non-hydrogen) atoms. The Morgan fingerprint density at radius 2 is 1.97 bits per heavy atom. The monoisotopic (exact) mass is 512 g/mol. The predicted molar refractivity (Wildman–Crippen MR) is 132 cm³/mol. The zero-order chi connectivity index (χ0) is 25.5. The minimum Gasteiger partial charge on any atom is -0.484 e. The topological polar surface area (TPSA) is 107 Å². The fourth-order valence-electron chi connectivity index (χ4n) is 3.58. The van der Waals surface area contributed by atoms with Crippen molar-refractivity contribution in [2.24, 2.45) is 0 Å². The van der Waals surface area contributed by atoms with E-state index >= 15 is 0 Å². The maximum atomic E-state index is 12.8. The fraction of sp³-hybridized carbons (Fsp3) is 0.269. The molecule has 2 amide bonds. The van der Waals surface area contributed by atoms with Crippen molar-refractivity contribution in [1.82, 2.24) is 5.32 Å². The second-order valence-corrected chi connectivity index (χ2v) is 8.37. The number of fused-ring (bicyclic) bond motifs is 1. The van der Waals surface area contributed by atoms with E-state index in [1.165, 1.54) is 4.90 Å². The lowest BCUT2D eigenvalue weighted by Gasteiger charge is -2.29. The molecule has 0 aliphatic carbocycles. The quantitative estimate of drug-likeness (QED) is 0.307. The number of ketones is 1. The predicted octanol–water partition coefficient (Wildman–Crippen LogP) is 3.89. The van der Waals surface area contributed by atoms with Crippen LogP contribution in [0.2, 0.25) is 5.02 Å². The summed E-state index contributed by atoms with van der Waals surface area (Å²) < 4.78 is 21.7. The average molecular weight is 513 g/mol. The Labute approximate surface area is 212 Å². The average Bonchev–Trinajstić information content (AvgIpc) is 3.36. The summed E-state index contributed by atoms with van der Waals surface area (Å²) in [4.78, 5) is 39.2. The van der Waals surface area contributed by atoms with Gasteiger partial charge < -0.3 is 23.9 Å². The molecule has 1 aliphatic heterocycles. The van der Waals surface area contributed by atoms with Crippen molar-refractivity contribution in [1.29, 1.82) is 0 Å². The third kappa shape index (κ3) is 6.05. The van der Waals surface area contributed by atoms with E-state index in [0.29, 0.717) is 53.1 Å². The molecule has 1 aromatic heterocycles. The van der Waals surface area contributed by atoms with Gasteiger partial charge in [0.15, 0.2) is 24.8 Å². The molecular weight excluding hydrogens is 488 g/mol. The number of nitrogens with zero attached hydrogens (tertiary/aromatic N) is 1. The molecule has 0 bridgehead atoms. The zero-order valence-electron chi connectivity index (χ0n) is 19.6. The Bertz CT molecular complexity index is 1260. The summed E-state index contributed by atoms with van der Waals surface area (Å²) in [6, 6.07) is 14.9. The number of furan rings is 1. The van der Waals surface area contributed by atoms with Crippen molar-refractivity contribution < 1.29 is 33.0 Å². The second-order valence-electron chi connectivity index (χ2n) is 7.96. The number of amides is 2. The molecule has 9 nitrogen and oxygen atoms in total. The Kier molecular flexibility index (Phi) is 8.24. The molecule has 3 aromatic rings. The third-order valence-electron chi connectivity index (χ3n) is 5.43. The summed E-state index contributed by atoms with van der Waals surface area (Å²) in [5, 5.41) is 3.16. The molecule has 188 valence electrons.